The summed E-state index contributed by atoms with van der Waals surface area (Å²) in [6, 6.07) is 2.33. The molecule has 4 nitrogen and oxygen atoms in total. The Morgan fingerprint density at radius 3 is 2.61 bits per heavy atom. The molecule has 0 amide bonds. The van der Waals surface area contributed by atoms with Crippen LogP contribution in [-0.2, 0) is 0 Å². The van der Waals surface area contributed by atoms with Gasteiger partial charge >= 0.3 is 0 Å². The number of hydrogen-bond acceptors (Lipinski definition) is 6. The number of unbranched alkanes of at least 4 members (excludes halogenated alkanes) is 1. The van der Waals surface area contributed by atoms with Crippen LogP contribution in [0.2, 0.25) is 0 Å². The third kappa shape index (κ3) is 5.23. The second-order valence-electron chi connectivity index (χ2n) is 5.05. The fourth-order valence-corrected chi connectivity index (χ4v) is 3.16. The molecule has 18 heavy (non-hydrogen) atoms. The van der Waals surface area contributed by atoms with Gasteiger partial charge in [0.05, 0.1) is 11.5 Å². The second kappa shape index (κ2) is 6.95. The number of hydrogen-bond donors (Lipinski definition) is 0. The molecule has 1 aromatic rings. The zero-order chi connectivity index (χ0) is 13.6. The van der Waals surface area contributed by atoms with E-state index < -0.39 is 0 Å². The summed E-state index contributed by atoms with van der Waals surface area (Å²) in [5, 5.41) is 18.1. The van der Waals surface area contributed by atoms with E-state index >= 15 is 0 Å². The molecule has 0 unspecified atom stereocenters. The van der Waals surface area contributed by atoms with E-state index in [0.29, 0.717) is 0 Å². The summed E-state index contributed by atoms with van der Waals surface area (Å²) >= 11 is 3.38. The SMILES string of the molecule is CN(C)c1nnc(SCCCCC(C)(C)C#N)s1. The van der Waals surface area contributed by atoms with Crippen molar-refractivity contribution >= 4 is 28.2 Å². The van der Waals surface area contributed by atoms with Crippen molar-refractivity contribution in [2.45, 2.75) is 37.4 Å². The number of aromatic nitrogens is 2. The minimum absolute atomic E-state index is 0.189. The van der Waals surface area contributed by atoms with Crippen LogP contribution in [0.1, 0.15) is 33.1 Å². The number of rotatable bonds is 7. The first kappa shape index (κ1) is 15.3. The highest BCUT2D eigenvalue weighted by molar-refractivity contribution is 8.01. The van der Waals surface area contributed by atoms with Gasteiger partial charge in [-0.3, -0.25) is 0 Å². The molecule has 0 atom stereocenters. The van der Waals surface area contributed by atoms with E-state index in [2.05, 4.69) is 16.3 Å². The maximum atomic E-state index is 8.91. The van der Waals surface area contributed by atoms with Gasteiger partial charge < -0.3 is 4.90 Å². The quantitative estimate of drug-likeness (QED) is 0.567. The standard InChI is InChI=1S/C12H20N4S2/c1-12(2,9-13)7-5-6-8-17-11-15-14-10(18-11)16(3)4/h5-8H2,1-4H3. The van der Waals surface area contributed by atoms with Gasteiger partial charge in [-0.2, -0.15) is 5.26 Å². The molecule has 1 heterocycles. The number of nitriles is 1. The van der Waals surface area contributed by atoms with E-state index in [1.807, 2.05) is 32.8 Å². The second-order valence-corrected chi connectivity index (χ2v) is 7.34. The molecule has 0 saturated carbocycles. The van der Waals surface area contributed by atoms with Gasteiger partial charge in [0.1, 0.15) is 0 Å². The average molecular weight is 284 g/mol. The van der Waals surface area contributed by atoms with Crippen molar-refractivity contribution in [1.29, 1.82) is 5.26 Å². The van der Waals surface area contributed by atoms with Gasteiger partial charge in [0.2, 0.25) is 5.13 Å². The molecular formula is C12H20N4S2. The van der Waals surface area contributed by atoms with Crippen molar-refractivity contribution in [3.63, 3.8) is 0 Å². The Kier molecular flexibility index (Phi) is 5.89. The Morgan fingerprint density at radius 1 is 1.33 bits per heavy atom. The third-order valence-corrected chi connectivity index (χ3v) is 4.81. The highest BCUT2D eigenvalue weighted by Crippen LogP contribution is 2.28. The van der Waals surface area contributed by atoms with Crippen LogP contribution in [0.25, 0.3) is 0 Å². The normalized spacial score (nSPS) is 11.3. The van der Waals surface area contributed by atoms with Gasteiger partial charge in [-0.25, -0.2) is 0 Å². The minimum atomic E-state index is -0.189. The van der Waals surface area contributed by atoms with Crippen LogP contribution in [-0.4, -0.2) is 30.0 Å². The molecule has 0 fully saturated rings. The third-order valence-electron chi connectivity index (χ3n) is 2.50. The Bertz CT molecular complexity index is 406. The van der Waals surface area contributed by atoms with Crippen molar-refractivity contribution in [3.05, 3.63) is 0 Å². The first-order chi connectivity index (χ1) is 8.44. The van der Waals surface area contributed by atoms with Crippen molar-refractivity contribution < 1.29 is 0 Å². The summed E-state index contributed by atoms with van der Waals surface area (Å²) in [5.41, 5.74) is -0.189. The molecule has 1 rings (SSSR count). The Morgan fingerprint density at radius 2 is 2.06 bits per heavy atom. The molecule has 0 aliphatic heterocycles. The number of thioether (sulfide) groups is 1. The summed E-state index contributed by atoms with van der Waals surface area (Å²) in [7, 11) is 3.94. The lowest BCUT2D eigenvalue weighted by Crippen LogP contribution is -2.07. The molecule has 0 aliphatic rings. The van der Waals surface area contributed by atoms with Crippen LogP contribution in [0.15, 0.2) is 4.34 Å². The first-order valence-corrected chi connectivity index (χ1v) is 7.80. The predicted octanol–water partition coefficient (Wildman–Crippen LogP) is 3.42. The predicted molar refractivity (Wildman–Crippen MR) is 78.2 cm³/mol. The molecule has 0 N–H and O–H groups in total. The van der Waals surface area contributed by atoms with Crippen LogP contribution in [0.5, 0.6) is 0 Å². The van der Waals surface area contributed by atoms with Crippen molar-refractivity contribution in [3.8, 4) is 6.07 Å². The molecule has 1 aromatic heterocycles. The lowest BCUT2D eigenvalue weighted by molar-refractivity contribution is 0.433. The first-order valence-electron chi connectivity index (χ1n) is 5.99. The molecule has 0 bridgehead atoms. The summed E-state index contributed by atoms with van der Waals surface area (Å²) in [5.74, 6) is 1.05. The maximum absolute atomic E-state index is 8.91. The summed E-state index contributed by atoms with van der Waals surface area (Å²) in [4.78, 5) is 1.97. The van der Waals surface area contributed by atoms with E-state index in [1.54, 1.807) is 23.1 Å². The Balaban J connectivity index is 2.20. The lowest BCUT2D eigenvalue weighted by Gasteiger charge is -2.13. The average Bonchev–Trinajstić information content (AvgIpc) is 2.77. The highest BCUT2D eigenvalue weighted by Gasteiger charge is 2.15. The summed E-state index contributed by atoms with van der Waals surface area (Å²) < 4.78 is 1.03. The van der Waals surface area contributed by atoms with Gasteiger partial charge in [0.25, 0.3) is 0 Å². The van der Waals surface area contributed by atoms with E-state index in [4.69, 9.17) is 5.26 Å². The molecule has 100 valence electrons. The van der Waals surface area contributed by atoms with Crippen LogP contribution in [0, 0.1) is 16.7 Å². The van der Waals surface area contributed by atoms with Gasteiger partial charge in [-0.05, 0) is 26.7 Å². The molecule has 0 spiro atoms. The topological polar surface area (TPSA) is 52.8 Å². The Labute approximate surface area is 117 Å². The lowest BCUT2D eigenvalue weighted by atomic mass is 9.89. The molecule has 0 saturated heterocycles. The fourth-order valence-electron chi connectivity index (χ4n) is 1.33. The van der Waals surface area contributed by atoms with E-state index in [-0.39, 0.29) is 5.41 Å². The van der Waals surface area contributed by atoms with Gasteiger partial charge in [0.15, 0.2) is 4.34 Å². The van der Waals surface area contributed by atoms with E-state index in [0.717, 1.165) is 34.5 Å². The fraction of sp³-hybridized carbons (Fsp3) is 0.750. The minimum Gasteiger partial charge on any atom is -0.353 e. The highest BCUT2D eigenvalue weighted by atomic mass is 32.2. The maximum Gasteiger partial charge on any atom is 0.208 e. The summed E-state index contributed by atoms with van der Waals surface area (Å²) in [6.45, 7) is 3.99. The zero-order valence-corrected chi connectivity index (χ0v) is 13.1. The molecule has 0 aliphatic carbocycles. The van der Waals surface area contributed by atoms with Gasteiger partial charge in [0, 0.05) is 19.8 Å². The van der Waals surface area contributed by atoms with Crippen LogP contribution < -0.4 is 4.90 Å². The van der Waals surface area contributed by atoms with E-state index in [9.17, 15) is 0 Å². The number of anilines is 1. The smallest absolute Gasteiger partial charge is 0.208 e. The summed E-state index contributed by atoms with van der Waals surface area (Å²) in [6.07, 6.45) is 3.17. The molecule has 6 heteroatoms. The van der Waals surface area contributed by atoms with E-state index in [1.165, 1.54) is 0 Å². The monoisotopic (exact) mass is 284 g/mol. The largest absolute Gasteiger partial charge is 0.353 e. The van der Waals surface area contributed by atoms with Crippen molar-refractivity contribution in [1.82, 2.24) is 10.2 Å². The molecule has 0 radical (unpaired) electrons. The van der Waals surface area contributed by atoms with Crippen LogP contribution in [0.3, 0.4) is 0 Å². The van der Waals surface area contributed by atoms with Gasteiger partial charge in [-0.15, -0.1) is 10.2 Å². The molecule has 0 aromatic carbocycles. The van der Waals surface area contributed by atoms with Crippen molar-refractivity contribution in [2.75, 3.05) is 24.7 Å². The number of nitrogens with zero attached hydrogens (tertiary/aromatic N) is 4. The van der Waals surface area contributed by atoms with Crippen molar-refractivity contribution in [2.24, 2.45) is 5.41 Å². The Hall–Kier alpha value is -0.800. The molecular weight excluding hydrogens is 264 g/mol. The van der Waals surface area contributed by atoms with Gasteiger partial charge in [-0.1, -0.05) is 29.5 Å². The van der Waals surface area contributed by atoms with Crippen LogP contribution >= 0.6 is 23.1 Å². The zero-order valence-electron chi connectivity index (χ0n) is 11.4. The van der Waals surface area contributed by atoms with Crippen LogP contribution in [0.4, 0.5) is 5.13 Å².